The van der Waals surface area contributed by atoms with Gasteiger partial charge in [0.05, 0.1) is 18.8 Å². The van der Waals surface area contributed by atoms with Gasteiger partial charge in [0.2, 0.25) is 0 Å². The molecule has 1 fully saturated rings. The van der Waals surface area contributed by atoms with Gasteiger partial charge in [-0.1, -0.05) is 42.4 Å². The van der Waals surface area contributed by atoms with Crippen molar-refractivity contribution in [3.63, 3.8) is 0 Å². The largest absolute Gasteiger partial charge is 0.376 e. The fourth-order valence-electron chi connectivity index (χ4n) is 3.95. The maximum Gasteiger partial charge on any atom is 0.330 e. The Morgan fingerprint density at radius 1 is 1.29 bits per heavy atom. The van der Waals surface area contributed by atoms with Crippen LogP contribution in [-0.4, -0.2) is 41.5 Å². The molecular weight excluding hydrogens is 402 g/mol. The molecular formula is C21H27N5O5. The number of ether oxygens (including phenoxy) is 3. The summed E-state index contributed by atoms with van der Waals surface area (Å²) in [6, 6.07) is 11.1. The van der Waals surface area contributed by atoms with Crippen molar-refractivity contribution in [2.45, 2.75) is 50.9 Å². The first-order valence-electron chi connectivity index (χ1n) is 10.2. The summed E-state index contributed by atoms with van der Waals surface area (Å²) in [7, 11) is 1.57. The molecule has 0 spiro atoms. The van der Waals surface area contributed by atoms with E-state index in [9.17, 15) is 9.59 Å². The summed E-state index contributed by atoms with van der Waals surface area (Å²) >= 11 is 0. The molecule has 5 atom stereocenters. The molecule has 1 N–H and O–H groups in total. The normalized spacial score (nSPS) is 23.9. The Kier molecular flexibility index (Phi) is 8.02. The maximum atomic E-state index is 12.3. The summed E-state index contributed by atoms with van der Waals surface area (Å²) in [6.07, 6.45) is 0.896. The van der Waals surface area contributed by atoms with E-state index in [0.29, 0.717) is 26.0 Å². The Balaban J connectivity index is 1.81. The highest BCUT2D eigenvalue weighted by molar-refractivity contribution is 5.13. The van der Waals surface area contributed by atoms with Crippen molar-refractivity contribution in [2.24, 2.45) is 11.0 Å². The Labute approximate surface area is 179 Å². The highest BCUT2D eigenvalue weighted by atomic mass is 16.6. The van der Waals surface area contributed by atoms with E-state index >= 15 is 0 Å². The summed E-state index contributed by atoms with van der Waals surface area (Å²) in [4.78, 5) is 28.8. The molecule has 1 unspecified atom stereocenters. The number of nitrogens with one attached hydrogen (secondary N) is 1. The molecule has 3 rings (SSSR count). The molecule has 0 amide bonds. The second-order valence-electron chi connectivity index (χ2n) is 7.50. The van der Waals surface area contributed by atoms with Crippen LogP contribution in [0.25, 0.3) is 10.4 Å². The zero-order valence-corrected chi connectivity index (χ0v) is 17.6. The van der Waals surface area contributed by atoms with E-state index in [0.717, 1.165) is 5.56 Å². The number of aromatic nitrogens is 2. The molecule has 0 aliphatic carbocycles. The predicted molar refractivity (Wildman–Crippen MR) is 113 cm³/mol. The van der Waals surface area contributed by atoms with Gasteiger partial charge in [0.1, 0.15) is 6.10 Å². The molecule has 2 aromatic rings. The summed E-state index contributed by atoms with van der Waals surface area (Å²) in [5, 5.41) is 3.60. The number of aromatic amines is 1. The zero-order chi connectivity index (χ0) is 22.2. The summed E-state index contributed by atoms with van der Waals surface area (Å²) in [5.41, 5.74) is 8.54. The predicted octanol–water partition coefficient (Wildman–Crippen LogP) is 2.76. The van der Waals surface area contributed by atoms with E-state index < -0.39 is 23.6 Å². The zero-order valence-electron chi connectivity index (χ0n) is 17.6. The van der Waals surface area contributed by atoms with Crippen LogP contribution in [0.15, 0.2) is 57.3 Å². The lowest BCUT2D eigenvalue weighted by Gasteiger charge is -2.27. The van der Waals surface area contributed by atoms with Crippen LogP contribution in [0.1, 0.15) is 31.6 Å². The van der Waals surface area contributed by atoms with Crippen LogP contribution in [-0.2, 0) is 20.8 Å². The minimum atomic E-state index is -0.700. The van der Waals surface area contributed by atoms with Crippen molar-refractivity contribution in [3.8, 4) is 0 Å². The third kappa shape index (κ3) is 5.62. The van der Waals surface area contributed by atoms with E-state index in [1.807, 2.05) is 37.3 Å². The second kappa shape index (κ2) is 10.9. The van der Waals surface area contributed by atoms with Crippen LogP contribution < -0.4 is 11.2 Å². The number of azide groups is 1. The number of methoxy groups -OCH3 is 1. The van der Waals surface area contributed by atoms with Gasteiger partial charge in [0.25, 0.3) is 5.56 Å². The lowest BCUT2D eigenvalue weighted by Crippen LogP contribution is -2.36. The number of hydrogen-bond acceptors (Lipinski definition) is 6. The number of H-pyrrole nitrogens is 1. The van der Waals surface area contributed by atoms with Crippen LogP contribution in [0.5, 0.6) is 0 Å². The van der Waals surface area contributed by atoms with Gasteiger partial charge in [-0.15, -0.1) is 0 Å². The molecule has 0 radical (unpaired) electrons. The molecule has 31 heavy (non-hydrogen) atoms. The SMILES string of the molecule is CO[C@H]1C(C)[C@@H]([C@@H](CCCN=[N+]=[N-])OCc2ccccc2)O[C@H]1n1ccc(=O)[nH]c1=O. The highest BCUT2D eigenvalue weighted by Gasteiger charge is 2.47. The van der Waals surface area contributed by atoms with Crippen LogP contribution in [0, 0.1) is 5.92 Å². The van der Waals surface area contributed by atoms with Crippen molar-refractivity contribution >= 4 is 0 Å². The van der Waals surface area contributed by atoms with Gasteiger partial charge in [0, 0.05) is 36.7 Å². The third-order valence-electron chi connectivity index (χ3n) is 5.49. The first kappa shape index (κ1) is 22.8. The van der Waals surface area contributed by atoms with Crippen LogP contribution in [0.4, 0.5) is 0 Å². The van der Waals surface area contributed by atoms with Crippen LogP contribution in [0.2, 0.25) is 0 Å². The fourth-order valence-corrected chi connectivity index (χ4v) is 3.95. The topological polar surface area (TPSA) is 131 Å². The summed E-state index contributed by atoms with van der Waals surface area (Å²) in [6.45, 7) is 2.75. The second-order valence-corrected chi connectivity index (χ2v) is 7.50. The summed E-state index contributed by atoms with van der Waals surface area (Å²) in [5.74, 6) is -0.0888. The van der Waals surface area contributed by atoms with Crippen molar-refractivity contribution in [2.75, 3.05) is 13.7 Å². The van der Waals surface area contributed by atoms with Gasteiger partial charge in [0.15, 0.2) is 6.23 Å². The number of benzene rings is 1. The smallest absolute Gasteiger partial charge is 0.330 e. The van der Waals surface area contributed by atoms with Gasteiger partial charge in [-0.05, 0) is 23.9 Å². The van der Waals surface area contributed by atoms with Crippen LogP contribution in [0.3, 0.4) is 0 Å². The third-order valence-corrected chi connectivity index (χ3v) is 5.49. The molecule has 1 aromatic carbocycles. The van der Waals surface area contributed by atoms with Crippen molar-refractivity contribution in [1.82, 2.24) is 9.55 Å². The Hall–Kier alpha value is -2.91. The lowest BCUT2D eigenvalue weighted by molar-refractivity contribution is -0.109. The standard InChI is InChI=1S/C21H27N5O5/c1-14-18(31-20(19(14)29-2)26-12-10-17(27)24-21(26)28)16(9-6-11-23-25-22)30-13-15-7-4-3-5-8-15/h3-5,7-8,10,12,14,16,18-20H,6,9,11,13H2,1-2H3,(H,24,27,28)/t14?,16-,18+,19+,20-/m1/s1. The lowest BCUT2D eigenvalue weighted by atomic mass is 9.94. The van der Waals surface area contributed by atoms with E-state index in [1.165, 1.54) is 16.8 Å². The number of hydrogen-bond donors (Lipinski definition) is 1. The quantitative estimate of drug-likeness (QED) is 0.268. The molecule has 10 nitrogen and oxygen atoms in total. The van der Waals surface area contributed by atoms with E-state index in [2.05, 4.69) is 15.0 Å². The molecule has 166 valence electrons. The minimum Gasteiger partial charge on any atom is -0.376 e. The molecule has 10 heteroatoms. The van der Waals surface area contributed by atoms with Crippen molar-refractivity contribution in [1.29, 1.82) is 0 Å². The number of nitrogens with zero attached hydrogens (tertiary/aromatic N) is 4. The van der Waals surface area contributed by atoms with Gasteiger partial charge >= 0.3 is 5.69 Å². The monoisotopic (exact) mass is 429 g/mol. The number of rotatable bonds is 10. The summed E-state index contributed by atoms with van der Waals surface area (Å²) < 4.78 is 19.5. The Bertz CT molecular complexity index is 1000. The molecule has 0 bridgehead atoms. The van der Waals surface area contributed by atoms with Gasteiger partial charge in [-0.25, -0.2) is 4.79 Å². The van der Waals surface area contributed by atoms with Gasteiger partial charge in [-0.2, -0.15) is 0 Å². The molecule has 1 aromatic heterocycles. The van der Waals surface area contributed by atoms with Crippen LogP contribution >= 0.6 is 0 Å². The van der Waals surface area contributed by atoms with Crippen molar-refractivity contribution in [3.05, 3.63) is 79.4 Å². The Morgan fingerprint density at radius 3 is 2.74 bits per heavy atom. The molecule has 0 saturated carbocycles. The minimum absolute atomic E-state index is 0.0888. The van der Waals surface area contributed by atoms with E-state index in [4.69, 9.17) is 19.7 Å². The maximum absolute atomic E-state index is 12.3. The fraction of sp³-hybridized carbons (Fsp3) is 0.524. The average Bonchev–Trinajstić information content (AvgIpc) is 3.09. The molecule has 2 heterocycles. The van der Waals surface area contributed by atoms with Gasteiger partial charge in [-0.3, -0.25) is 14.3 Å². The first-order chi connectivity index (χ1) is 15.0. The van der Waals surface area contributed by atoms with E-state index in [1.54, 1.807) is 7.11 Å². The molecule has 1 saturated heterocycles. The van der Waals surface area contributed by atoms with E-state index in [-0.39, 0.29) is 18.1 Å². The van der Waals surface area contributed by atoms with Gasteiger partial charge < -0.3 is 14.2 Å². The Morgan fingerprint density at radius 2 is 2.06 bits per heavy atom. The highest BCUT2D eigenvalue weighted by Crippen LogP contribution is 2.38. The van der Waals surface area contributed by atoms with Crippen molar-refractivity contribution < 1.29 is 14.2 Å². The molecule has 1 aliphatic rings. The molecule has 1 aliphatic heterocycles. The first-order valence-corrected chi connectivity index (χ1v) is 10.2. The average molecular weight is 429 g/mol.